The van der Waals surface area contributed by atoms with Crippen LogP contribution >= 0.6 is 0 Å². The molecule has 0 fully saturated rings. The van der Waals surface area contributed by atoms with E-state index >= 15 is 0 Å². The standard InChI is InChI=1S/C23H23N7O2/c1-30-10-7-17-15(13-30)11-18(22(27-17)32-3)28-23-26-12-14-6-9-24-20(19(14)29-23)16-5-4-8-25-21(16)31-2/h4-6,8-9,11-12H,7,10,13H2,1-3H3,(H,26,28,29). The normalized spacial score (nSPS) is 13.6. The Kier molecular flexibility index (Phi) is 5.24. The van der Waals surface area contributed by atoms with Crippen molar-refractivity contribution in [1.82, 2.24) is 29.8 Å². The molecule has 0 aromatic carbocycles. The van der Waals surface area contributed by atoms with E-state index in [4.69, 9.17) is 19.4 Å². The van der Waals surface area contributed by atoms with Crippen LogP contribution in [-0.4, -0.2) is 57.6 Å². The molecule has 0 saturated carbocycles. The van der Waals surface area contributed by atoms with Crippen LogP contribution in [0.3, 0.4) is 0 Å². The van der Waals surface area contributed by atoms with Crippen LogP contribution in [-0.2, 0) is 13.0 Å². The number of nitrogens with zero attached hydrogens (tertiary/aromatic N) is 6. The minimum atomic E-state index is 0.429. The van der Waals surface area contributed by atoms with Gasteiger partial charge in [0.25, 0.3) is 0 Å². The van der Waals surface area contributed by atoms with Gasteiger partial charge in [0, 0.05) is 43.5 Å². The maximum atomic E-state index is 5.54. The van der Waals surface area contributed by atoms with E-state index in [0.717, 1.165) is 41.8 Å². The quantitative estimate of drug-likeness (QED) is 0.513. The summed E-state index contributed by atoms with van der Waals surface area (Å²) in [5.41, 5.74) is 5.10. The lowest BCUT2D eigenvalue weighted by Crippen LogP contribution is -2.27. The third-order valence-corrected chi connectivity index (χ3v) is 5.49. The predicted molar refractivity (Wildman–Crippen MR) is 121 cm³/mol. The number of fused-ring (bicyclic) bond motifs is 2. The molecule has 0 radical (unpaired) electrons. The highest BCUT2D eigenvalue weighted by Gasteiger charge is 2.19. The fraction of sp³-hybridized carbons (Fsp3) is 0.261. The van der Waals surface area contributed by atoms with Gasteiger partial charge in [-0.05, 0) is 36.9 Å². The number of anilines is 2. The van der Waals surface area contributed by atoms with Gasteiger partial charge < -0.3 is 19.7 Å². The van der Waals surface area contributed by atoms with E-state index < -0.39 is 0 Å². The fourth-order valence-corrected chi connectivity index (χ4v) is 3.91. The Balaban J connectivity index is 1.57. The molecule has 32 heavy (non-hydrogen) atoms. The summed E-state index contributed by atoms with van der Waals surface area (Å²) in [5.74, 6) is 1.45. The molecule has 5 heterocycles. The summed E-state index contributed by atoms with van der Waals surface area (Å²) in [6, 6.07) is 7.70. The van der Waals surface area contributed by atoms with E-state index in [2.05, 4.69) is 38.3 Å². The SMILES string of the molecule is COc1nc2c(cc1Nc1ncc3ccnc(-c4cccnc4OC)c3n1)CN(C)CC2. The van der Waals surface area contributed by atoms with Crippen LogP contribution in [0.5, 0.6) is 11.8 Å². The molecule has 0 spiro atoms. The molecule has 4 aromatic heterocycles. The van der Waals surface area contributed by atoms with Crippen LogP contribution in [0.2, 0.25) is 0 Å². The number of ether oxygens (including phenoxy) is 2. The van der Waals surface area contributed by atoms with Gasteiger partial charge in [0.2, 0.25) is 17.7 Å². The Morgan fingerprint density at radius 1 is 1.00 bits per heavy atom. The minimum Gasteiger partial charge on any atom is -0.481 e. The predicted octanol–water partition coefficient (Wildman–Crippen LogP) is 3.23. The lowest BCUT2D eigenvalue weighted by Gasteiger charge is -2.25. The van der Waals surface area contributed by atoms with Gasteiger partial charge >= 0.3 is 0 Å². The third kappa shape index (κ3) is 3.67. The maximum Gasteiger partial charge on any atom is 0.237 e. The first-order valence-corrected chi connectivity index (χ1v) is 10.3. The molecule has 162 valence electrons. The molecule has 0 amide bonds. The van der Waals surface area contributed by atoms with Gasteiger partial charge in [-0.15, -0.1) is 0 Å². The second-order valence-electron chi connectivity index (χ2n) is 7.62. The average Bonchev–Trinajstić information content (AvgIpc) is 2.83. The number of hydrogen-bond acceptors (Lipinski definition) is 9. The highest BCUT2D eigenvalue weighted by Crippen LogP contribution is 2.33. The molecule has 1 aliphatic heterocycles. The van der Waals surface area contributed by atoms with E-state index in [1.165, 1.54) is 5.56 Å². The monoisotopic (exact) mass is 429 g/mol. The molecule has 9 heteroatoms. The van der Waals surface area contributed by atoms with Crippen LogP contribution in [0.1, 0.15) is 11.3 Å². The van der Waals surface area contributed by atoms with Crippen molar-refractivity contribution in [2.75, 3.05) is 33.1 Å². The first-order chi connectivity index (χ1) is 15.7. The maximum absolute atomic E-state index is 5.54. The molecule has 4 aromatic rings. The number of likely N-dealkylation sites (N-methyl/N-ethyl adjacent to an activating group) is 1. The topological polar surface area (TPSA) is 98.2 Å². The summed E-state index contributed by atoms with van der Waals surface area (Å²) in [5, 5.41) is 4.15. The van der Waals surface area contributed by atoms with Gasteiger partial charge in [0.1, 0.15) is 16.9 Å². The molecule has 9 nitrogen and oxygen atoms in total. The fourth-order valence-electron chi connectivity index (χ4n) is 3.91. The van der Waals surface area contributed by atoms with Crippen LogP contribution in [0.4, 0.5) is 11.6 Å². The number of hydrogen-bond donors (Lipinski definition) is 1. The minimum absolute atomic E-state index is 0.429. The van der Waals surface area contributed by atoms with Gasteiger partial charge in [0.05, 0.1) is 25.5 Å². The summed E-state index contributed by atoms with van der Waals surface area (Å²) in [6.07, 6.45) is 6.08. The zero-order chi connectivity index (χ0) is 22.1. The zero-order valence-corrected chi connectivity index (χ0v) is 18.2. The van der Waals surface area contributed by atoms with Gasteiger partial charge in [0.15, 0.2) is 0 Å². The van der Waals surface area contributed by atoms with E-state index in [-0.39, 0.29) is 0 Å². The molecule has 0 unspecified atom stereocenters. The van der Waals surface area contributed by atoms with E-state index in [1.54, 1.807) is 32.8 Å². The van der Waals surface area contributed by atoms with Gasteiger partial charge in [-0.1, -0.05) is 0 Å². The van der Waals surface area contributed by atoms with E-state index in [1.807, 2.05) is 18.2 Å². The first-order valence-electron chi connectivity index (χ1n) is 10.3. The van der Waals surface area contributed by atoms with Gasteiger partial charge in [-0.2, -0.15) is 0 Å². The highest BCUT2D eigenvalue weighted by molar-refractivity contribution is 5.92. The smallest absolute Gasteiger partial charge is 0.237 e. The Labute approximate surface area is 185 Å². The van der Waals surface area contributed by atoms with Gasteiger partial charge in [-0.25, -0.2) is 19.9 Å². The molecular weight excluding hydrogens is 406 g/mol. The third-order valence-electron chi connectivity index (χ3n) is 5.49. The van der Waals surface area contributed by atoms with Crippen molar-refractivity contribution in [2.24, 2.45) is 0 Å². The van der Waals surface area contributed by atoms with Crippen LogP contribution in [0.25, 0.3) is 22.2 Å². The molecule has 0 aliphatic carbocycles. The van der Waals surface area contributed by atoms with E-state index in [9.17, 15) is 0 Å². The lowest BCUT2D eigenvalue weighted by molar-refractivity contribution is 0.307. The zero-order valence-electron chi connectivity index (χ0n) is 18.2. The second-order valence-corrected chi connectivity index (χ2v) is 7.62. The number of methoxy groups -OCH3 is 2. The molecular formula is C23H23N7O2. The van der Waals surface area contributed by atoms with Crippen molar-refractivity contribution in [3.8, 4) is 23.0 Å². The summed E-state index contributed by atoms with van der Waals surface area (Å²) >= 11 is 0. The molecule has 0 saturated heterocycles. The van der Waals surface area contributed by atoms with Crippen molar-refractivity contribution in [1.29, 1.82) is 0 Å². The Morgan fingerprint density at radius 3 is 2.72 bits per heavy atom. The summed E-state index contributed by atoms with van der Waals surface area (Å²) in [6.45, 7) is 1.83. The van der Waals surface area contributed by atoms with Crippen molar-refractivity contribution in [2.45, 2.75) is 13.0 Å². The number of nitrogens with one attached hydrogen (secondary N) is 1. The number of rotatable bonds is 5. The molecule has 1 N–H and O–H groups in total. The Hall–Kier alpha value is -3.85. The van der Waals surface area contributed by atoms with Crippen molar-refractivity contribution in [3.05, 3.63) is 54.1 Å². The van der Waals surface area contributed by atoms with Crippen LogP contribution in [0.15, 0.2) is 42.9 Å². The van der Waals surface area contributed by atoms with Crippen molar-refractivity contribution < 1.29 is 9.47 Å². The van der Waals surface area contributed by atoms with E-state index in [0.29, 0.717) is 28.9 Å². The van der Waals surface area contributed by atoms with Crippen LogP contribution in [0, 0.1) is 0 Å². The molecule has 5 rings (SSSR count). The largest absolute Gasteiger partial charge is 0.481 e. The Morgan fingerprint density at radius 2 is 1.88 bits per heavy atom. The lowest BCUT2D eigenvalue weighted by atomic mass is 10.1. The number of pyridine rings is 3. The number of aromatic nitrogens is 5. The summed E-state index contributed by atoms with van der Waals surface area (Å²) < 4.78 is 11.0. The van der Waals surface area contributed by atoms with Crippen LogP contribution < -0.4 is 14.8 Å². The summed E-state index contributed by atoms with van der Waals surface area (Å²) in [4.78, 5) is 25.1. The molecule has 0 atom stereocenters. The van der Waals surface area contributed by atoms with Crippen molar-refractivity contribution in [3.63, 3.8) is 0 Å². The molecule has 0 bridgehead atoms. The second kappa shape index (κ2) is 8.35. The first kappa shape index (κ1) is 20.1. The molecule has 1 aliphatic rings. The summed E-state index contributed by atoms with van der Waals surface area (Å²) in [7, 11) is 5.31. The van der Waals surface area contributed by atoms with Gasteiger partial charge in [-0.3, -0.25) is 4.98 Å². The van der Waals surface area contributed by atoms with Crippen molar-refractivity contribution >= 4 is 22.5 Å². The average molecular weight is 429 g/mol. The Bertz CT molecular complexity index is 1290. The highest BCUT2D eigenvalue weighted by atomic mass is 16.5.